The molecule has 10 heteroatoms. The molecule has 3 aromatic rings. The van der Waals surface area contributed by atoms with Crippen molar-refractivity contribution in [2.75, 3.05) is 43.0 Å². The normalized spacial score (nSPS) is 14.0. The third-order valence-corrected chi connectivity index (χ3v) is 8.50. The summed E-state index contributed by atoms with van der Waals surface area (Å²) in [6, 6.07) is 16.9. The summed E-state index contributed by atoms with van der Waals surface area (Å²) in [6.45, 7) is 7.26. The Morgan fingerprint density at radius 1 is 1.12 bits per heavy atom. The van der Waals surface area contributed by atoms with Gasteiger partial charge in [0.1, 0.15) is 5.84 Å². The third kappa shape index (κ3) is 7.17. The van der Waals surface area contributed by atoms with Crippen molar-refractivity contribution in [3.05, 3.63) is 76.0 Å². The molecule has 1 saturated heterocycles. The number of rotatable bonds is 11. The van der Waals surface area contributed by atoms with E-state index >= 15 is 0 Å². The number of amides is 1. The van der Waals surface area contributed by atoms with Crippen LogP contribution in [0.5, 0.6) is 0 Å². The SMILES string of the molecule is CCCN(C(=O)c1cccs1)c1ccc(/N=C(/CC)N(C)CC2CCN(c3ccccc3C(=N)N=N)CC2)c(C=O)c1. The molecule has 1 amide bonds. The molecule has 2 aromatic carbocycles. The number of benzene rings is 2. The van der Waals surface area contributed by atoms with E-state index in [0.717, 1.165) is 63.1 Å². The van der Waals surface area contributed by atoms with Crippen molar-refractivity contribution < 1.29 is 9.59 Å². The molecule has 1 aliphatic rings. The second kappa shape index (κ2) is 14.6. The zero-order chi connectivity index (χ0) is 30.1. The number of carbonyl (C=O) groups excluding carboxylic acids is 2. The molecule has 1 aromatic heterocycles. The van der Waals surface area contributed by atoms with Crippen molar-refractivity contribution in [1.82, 2.24) is 4.90 Å². The fourth-order valence-electron chi connectivity index (χ4n) is 5.44. The average molecular weight is 586 g/mol. The van der Waals surface area contributed by atoms with E-state index in [1.54, 1.807) is 11.0 Å². The maximum Gasteiger partial charge on any atom is 0.268 e. The molecule has 1 aliphatic heterocycles. The van der Waals surface area contributed by atoms with Crippen LogP contribution in [0.25, 0.3) is 0 Å². The lowest BCUT2D eigenvalue weighted by Gasteiger charge is -2.36. The monoisotopic (exact) mass is 585 g/mol. The van der Waals surface area contributed by atoms with E-state index in [9.17, 15) is 9.59 Å². The summed E-state index contributed by atoms with van der Waals surface area (Å²) in [4.78, 5) is 37.0. The Bertz CT molecular complexity index is 1430. The van der Waals surface area contributed by atoms with E-state index in [1.165, 1.54) is 11.3 Å². The molecule has 1 fully saturated rings. The first-order chi connectivity index (χ1) is 20.4. The Hall–Kier alpha value is -4.18. The van der Waals surface area contributed by atoms with Gasteiger partial charge in [0.2, 0.25) is 0 Å². The minimum atomic E-state index is -0.0619. The minimum Gasteiger partial charge on any atom is -0.371 e. The molecule has 2 heterocycles. The number of amidine groups is 2. The molecule has 42 heavy (non-hydrogen) atoms. The maximum atomic E-state index is 13.1. The zero-order valence-electron chi connectivity index (χ0n) is 24.5. The summed E-state index contributed by atoms with van der Waals surface area (Å²) in [5.74, 6) is 1.30. The first-order valence-electron chi connectivity index (χ1n) is 14.4. The predicted molar refractivity (Wildman–Crippen MR) is 171 cm³/mol. The van der Waals surface area contributed by atoms with Gasteiger partial charge in [0, 0.05) is 62.1 Å². The highest BCUT2D eigenvalue weighted by Gasteiger charge is 2.24. The lowest BCUT2D eigenvalue weighted by atomic mass is 9.95. The molecular weight excluding hydrogens is 546 g/mol. The number of carbonyl (C=O) groups is 2. The Morgan fingerprint density at radius 2 is 1.88 bits per heavy atom. The number of aldehydes is 1. The molecule has 2 N–H and O–H groups in total. The summed E-state index contributed by atoms with van der Waals surface area (Å²) in [7, 11) is 2.05. The van der Waals surface area contributed by atoms with Gasteiger partial charge >= 0.3 is 0 Å². The lowest BCUT2D eigenvalue weighted by molar-refractivity contribution is 0.0990. The van der Waals surface area contributed by atoms with E-state index in [0.29, 0.717) is 39.8 Å². The summed E-state index contributed by atoms with van der Waals surface area (Å²) >= 11 is 1.41. The number of piperidine rings is 1. The molecule has 9 nitrogen and oxygen atoms in total. The smallest absolute Gasteiger partial charge is 0.268 e. The lowest BCUT2D eigenvalue weighted by Crippen LogP contribution is -2.39. The highest BCUT2D eigenvalue weighted by molar-refractivity contribution is 7.12. The number of thiophene rings is 1. The molecule has 220 valence electrons. The van der Waals surface area contributed by atoms with E-state index < -0.39 is 0 Å². The molecule has 0 saturated carbocycles. The van der Waals surface area contributed by atoms with Gasteiger partial charge in [-0.05, 0) is 67.0 Å². The van der Waals surface area contributed by atoms with Gasteiger partial charge in [0.25, 0.3) is 5.91 Å². The summed E-state index contributed by atoms with van der Waals surface area (Å²) in [5.41, 5.74) is 10.7. The minimum absolute atomic E-state index is 0.0221. The van der Waals surface area contributed by atoms with Crippen molar-refractivity contribution in [2.24, 2.45) is 16.0 Å². The average Bonchev–Trinajstić information content (AvgIpc) is 3.57. The highest BCUT2D eigenvalue weighted by atomic mass is 32.1. The first kappa shape index (κ1) is 30.8. The van der Waals surface area contributed by atoms with Crippen LogP contribution in [0.1, 0.15) is 65.1 Å². The van der Waals surface area contributed by atoms with Crippen molar-refractivity contribution in [3.8, 4) is 0 Å². The topological polar surface area (TPSA) is 116 Å². The number of aliphatic imine (C=N–C) groups is 1. The fourth-order valence-corrected chi connectivity index (χ4v) is 6.12. The van der Waals surface area contributed by atoms with Gasteiger partial charge in [-0.3, -0.25) is 15.0 Å². The maximum absolute atomic E-state index is 13.1. The van der Waals surface area contributed by atoms with Gasteiger partial charge < -0.3 is 14.7 Å². The van der Waals surface area contributed by atoms with Crippen molar-refractivity contribution in [1.29, 1.82) is 10.9 Å². The van der Waals surface area contributed by atoms with Gasteiger partial charge in [-0.2, -0.15) is 0 Å². The molecule has 4 rings (SSSR count). The van der Waals surface area contributed by atoms with Crippen LogP contribution in [-0.4, -0.2) is 62.0 Å². The first-order valence-corrected chi connectivity index (χ1v) is 15.3. The van der Waals surface area contributed by atoms with Crippen molar-refractivity contribution in [3.63, 3.8) is 0 Å². The van der Waals surface area contributed by atoms with Gasteiger partial charge in [0.15, 0.2) is 12.1 Å². The van der Waals surface area contributed by atoms with E-state index in [4.69, 9.17) is 15.9 Å². The number of anilines is 2. The fraction of sp³-hybridized carbons (Fsp3) is 0.375. The Balaban J connectivity index is 1.45. The van der Waals surface area contributed by atoms with Crippen molar-refractivity contribution >= 4 is 52.3 Å². The second-order valence-corrected chi connectivity index (χ2v) is 11.4. The third-order valence-electron chi connectivity index (χ3n) is 7.64. The van der Waals surface area contributed by atoms with E-state index in [1.807, 2.05) is 60.8 Å². The molecule has 0 aliphatic carbocycles. The zero-order valence-corrected chi connectivity index (χ0v) is 25.4. The van der Waals surface area contributed by atoms with Crippen molar-refractivity contribution in [2.45, 2.75) is 39.5 Å². The van der Waals surface area contributed by atoms with Gasteiger partial charge in [-0.15, -0.1) is 16.5 Å². The molecule has 0 radical (unpaired) electrons. The molecule has 0 bridgehead atoms. The van der Waals surface area contributed by atoms with Crippen LogP contribution in [0.4, 0.5) is 17.1 Å². The molecule has 0 unspecified atom stereocenters. The summed E-state index contributed by atoms with van der Waals surface area (Å²) in [5, 5.41) is 13.2. The number of hydrogen-bond donors (Lipinski definition) is 2. The summed E-state index contributed by atoms with van der Waals surface area (Å²) < 4.78 is 0. The van der Waals surface area contributed by atoms with Gasteiger partial charge in [-0.1, -0.05) is 32.0 Å². The van der Waals surface area contributed by atoms with Crippen LogP contribution in [0.2, 0.25) is 0 Å². The highest BCUT2D eigenvalue weighted by Crippen LogP contribution is 2.29. The van der Waals surface area contributed by atoms with Crippen LogP contribution < -0.4 is 9.80 Å². The molecule has 0 atom stereocenters. The largest absolute Gasteiger partial charge is 0.371 e. The number of hydrogen-bond acceptors (Lipinski definition) is 7. The van der Waals surface area contributed by atoms with Crippen LogP contribution in [0.3, 0.4) is 0 Å². The van der Waals surface area contributed by atoms with Crippen LogP contribution in [-0.2, 0) is 0 Å². The van der Waals surface area contributed by atoms with Crippen LogP contribution >= 0.6 is 11.3 Å². The number of nitrogens with zero attached hydrogens (tertiary/aromatic N) is 5. The van der Waals surface area contributed by atoms with Crippen LogP contribution in [0.15, 0.2) is 70.1 Å². The Kier molecular flexibility index (Phi) is 10.7. The second-order valence-electron chi connectivity index (χ2n) is 10.5. The standard InChI is InChI=1S/C32H39N7O2S/c1-4-16-39(32(41)29-11-8-19-42-29)25-12-13-27(24(20-25)22-40)35-30(5-2)37(3)21-23-14-17-38(18-15-23)28-10-7-6-9-26(28)31(33)36-34/h6-13,19-20,22-23,33-34H,4-5,14-18,21H2,1-3H3/b33-31?,35-30-,36-34?. The Morgan fingerprint density at radius 3 is 2.52 bits per heavy atom. The molecular formula is C32H39N7O2S. The molecule has 0 spiro atoms. The van der Waals surface area contributed by atoms with Gasteiger partial charge in [0.05, 0.1) is 10.6 Å². The number of para-hydroxylation sites is 1. The number of nitrogens with one attached hydrogen (secondary N) is 2. The van der Waals surface area contributed by atoms with Crippen LogP contribution in [0, 0.1) is 16.9 Å². The quantitative estimate of drug-likeness (QED) is 0.107. The summed E-state index contributed by atoms with van der Waals surface area (Å²) in [6.07, 6.45) is 4.34. The Labute approximate surface area is 251 Å². The predicted octanol–water partition coefficient (Wildman–Crippen LogP) is 7.26. The van der Waals surface area contributed by atoms with Gasteiger partial charge in [-0.25, -0.2) is 10.5 Å². The van der Waals surface area contributed by atoms with E-state index in [2.05, 4.69) is 28.9 Å². The van der Waals surface area contributed by atoms with E-state index in [-0.39, 0.29) is 11.7 Å².